The van der Waals surface area contributed by atoms with Crippen LogP contribution in [0.25, 0.3) is 0 Å². The summed E-state index contributed by atoms with van der Waals surface area (Å²) in [5.41, 5.74) is 0. The fourth-order valence-corrected chi connectivity index (χ4v) is 2.08. The van der Waals surface area contributed by atoms with Gasteiger partial charge in [-0.25, -0.2) is 4.98 Å². The summed E-state index contributed by atoms with van der Waals surface area (Å²) in [6.07, 6.45) is 0.330. The van der Waals surface area contributed by atoms with Crippen molar-refractivity contribution in [3.63, 3.8) is 0 Å². The summed E-state index contributed by atoms with van der Waals surface area (Å²) in [5.74, 6) is 1.59. The highest BCUT2D eigenvalue weighted by atomic mass is 19.4. The van der Waals surface area contributed by atoms with E-state index in [4.69, 9.17) is 0 Å². The van der Waals surface area contributed by atoms with Crippen LogP contribution in [0.4, 0.5) is 13.2 Å². The summed E-state index contributed by atoms with van der Waals surface area (Å²) in [6.45, 7) is -0.939. The first kappa shape index (κ1) is 12.3. The van der Waals surface area contributed by atoms with Crippen LogP contribution in [0.2, 0.25) is 0 Å². The minimum Gasteiger partial charge on any atom is -0.302 e. The molecular formula is C10H15F3N4. The molecule has 1 heterocycles. The lowest BCUT2D eigenvalue weighted by molar-refractivity contribution is -0.125. The van der Waals surface area contributed by atoms with Crippen LogP contribution in [0.15, 0.2) is 0 Å². The Balaban J connectivity index is 1.81. The van der Waals surface area contributed by atoms with Gasteiger partial charge in [0.1, 0.15) is 5.82 Å². The van der Waals surface area contributed by atoms with Crippen LogP contribution in [0.5, 0.6) is 0 Å². The lowest BCUT2D eigenvalue weighted by Gasteiger charge is -2.06. The van der Waals surface area contributed by atoms with Crippen LogP contribution in [-0.2, 0) is 6.54 Å². The van der Waals surface area contributed by atoms with E-state index in [0.717, 1.165) is 18.7 Å². The van der Waals surface area contributed by atoms with E-state index in [9.17, 15) is 13.2 Å². The number of alkyl halides is 3. The Morgan fingerprint density at radius 3 is 2.65 bits per heavy atom. The predicted molar refractivity (Wildman–Crippen MR) is 55.4 cm³/mol. The van der Waals surface area contributed by atoms with E-state index in [1.165, 1.54) is 12.8 Å². The Morgan fingerprint density at radius 1 is 1.29 bits per heavy atom. The highest BCUT2D eigenvalue weighted by molar-refractivity contribution is 4.99. The van der Waals surface area contributed by atoms with Gasteiger partial charge in [-0.05, 0) is 12.8 Å². The fourth-order valence-electron chi connectivity index (χ4n) is 2.08. The average molecular weight is 248 g/mol. The molecule has 17 heavy (non-hydrogen) atoms. The van der Waals surface area contributed by atoms with E-state index >= 15 is 0 Å². The summed E-state index contributed by atoms with van der Waals surface area (Å²) < 4.78 is 35.7. The van der Waals surface area contributed by atoms with Gasteiger partial charge in [-0.15, -0.1) is 0 Å². The molecule has 0 aromatic carbocycles. The van der Waals surface area contributed by atoms with Gasteiger partial charge >= 0.3 is 6.18 Å². The monoisotopic (exact) mass is 248 g/mol. The van der Waals surface area contributed by atoms with Gasteiger partial charge in [-0.3, -0.25) is 5.10 Å². The zero-order chi connectivity index (χ0) is 12.3. The molecule has 2 N–H and O–H groups in total. The van der Waals surface area contributed by atoms with Gasteiger partial charge in [-0.2, -0.15) is 18.3 Å². The van der Waals surface area contributed by atoms with Crippen molar-refractivity contribution in [1.82, 2.24) is 20.5 Å². The van der Waals surface area contributed by atoms with Crippen molar-refractivity contribution in [2.75, 3.05) is 6.54 Å². The van der Waals surface area contributed by atoms with Gasteiger partial charge in [0, 0.05) is 5.92 Å². The van der Waals surface area contributed by atoms with Gasteiger partial charge in [0.15, 0.2) is 5.82 Å². The first-order chi connectivity index (χ1) is 8.04. The zero-order valence-electron chi connectivity index (χ0n) is 9.35. The molecule has 0 aliphatic heterocycles. The molecule has 0 radical (unpaired) electrons. The number of nitrogens with one attached hydrogen (secondary N) is 2. The normalized spacial score (nSPS) is 17.8. The van der Waals surface area contributed by atoms with E-state index in [1.807, 2.05) is 0 Å². The number of nitrogens with zero attached hydrogens (tertiary/aromatic N) is 2. The van der Waals surface area contributed by atoms with Gasteiger partial charge in [0.05, 0.1) is 13.1 Å². The Hall–Kier alpha value is -1.11. The van der Waals surface area contributed by atoms with Crippen LogP contribution < -0.4 is 5.32 Å². The van der Waals surface area contributed by atoms with E-state index in [0.29, 0.717) is 11.7 Å². The summed E-state index contributed by atoms with van der Waals surface area (Å²) in [4.78, 5) is 4.22. The standard InChI is InChI=1S/C10H15F3N4/c11-10(12,13)6-14-5-8-15-9(17-16-8)7-3-1-2-4-7/h7,14H,1-6H2,(H,15,16,17). The quantitative estimate of drug-likeness (QED) is 0.858. The lowest BCUT2D eigenvalue weighted by atomic mass is 10.1. The van der Waals surface area contributed by atoms with Crippen molar-refractivity contribution in [2.24, 2.45) is 0 Å². The molecule has 7 heteroatoms. The van der Waals surface area contributed by atoms with Gasteiger partial charge in [0.2, 0.25) is 0 Å². The van der Waals surface area contributed by atoms with Crippen molar-refractivity contribution < 1.29 is 13.2 Å². The fraction of sp³-hybridized carbons (Fsp3) is 0.800. The summed E-state index contributed by atoms with van der Waals surface area (Å²) in [6, 6.07) is 0. The van der Waals surface area contributed by atoms with E-state index in [-0.39, 0.29) is 6.54 Å². The largest absolute Gasteiger partial charge is 0.401 e. The van der Waals surface area contributed by atoms with Gasteiger partial charge in [0.25, 0.3) is 0 Å². The third kappa shape index (κ3) is 3.69. The van der Waals surface area contributed by atoms with Crippen LogP contribution in [0.1, 0.15) is 43.3 Å². The zero-order valence-corrected chi connectivity index (χ0v) is 9.35. The molecule has 0 saturated heterocycles. The second-order valence-corrected chi connectivity index (χ2v) is 4.34. The molecule has 0 unspecified atom stereocenters. The number of rotatable bonds is 4. The van der Waals surface area contributed by atoms with Crippen LogP contribution >= 0.6 is 0 Å². The molecule has 1 aliphatic rings. The average Bonchev–Trinajstić information content (AvgIpc) is 2.83. The maximum Gasteiger partial charge on any atom is 0.401 e. The molecule has 1 aromatic rings. The molecule has 96 valence electrons. The van der Waals surface area contributed by atoms with Crippen molar-refractivity contribution in [2.45, 2.75) is 44.3 Å². The number of H-pyrrole nitrogens is 1. The number of aromatic amines is 1. The summed E-state index contributed by atoms with van der Waals surface area (Å²) in [5, 5.41) is 9.02. The Bertz CT molecular complexity index is 355. The van der Waals surface area contributed by atoms with Crippen LogP contribution in [-0.4, -0.2) is 27.9 Å². The first-order valence-electron chi connectivity index (χ1n) is 5.73. The molecule has 4 nitrogen and oxygen atoms in total. The van der Waals surface area contributed by atoms with Crippen molar-refractivity contribution in [3.8, 4) is 0 Å². The van der Waals surface area contributed by atoms with Crippen molar-refractivity contribution in [1.29, 1.82) is 0 Å². The SMILES string of the molecule is FC(F)(F)CNCc1nc(C2CCCC2)n[nH]1. The molecule has 0 spiro atoms. The third-order valence-corrected chi connectivity index (χ3v) is 2.89. The minimum absolute atomic E-state index is 0.0687. The third-order valence-electron chi connectivity index (χ3n) is 2.89. The Labute approximate surface area is 97.0 Å². The molecule has 1 aliphatic carbocycles. The van der Waals surface area contributed by atoms with Gasteiger partial charge in [-0.1, -0.05) is 12.8 Å². The number of halogens is 3. The van der Waals surface area contributed by atoms with E-state index in [2.05, 4.69) is 20.5 Å². The number of aromatic nitrogens is 3. The smallest absolute Gasteiger partial charge is 0.302 e. The molecule has 1 fully saturated rings. The molecule has 0 amide bonds. The van der Waals surface area contributed by atoms with E-state index in [1.54, 1.807) is 0 Å². The second-order valence-electron chi connectivity index (χ2n) is 4.34. The van der Waals surface area contributed by atoms with Crippen molar-refractivity contribution >= 4 is 0 Å². The minimum atomic E-state index is -4.19. The maximum atomic E-state index is 11.9. The predicted octanol–water partition coefficient (Wildman–Crippen LogP) is 2.11. The van der Waals surface area contributed by atoms with Crippen molar-refractivity contribution in [3.05, 3.63) is 11.6 Å². The van der Waals surface area contributed by atoms with Crippen LogP contribution in [0.3, 0.4) is 0 Å². The van der Waals surface area contributed by atoms with Gasteiger partial charge < -0.3 is 5.32 Å². The molecular weight excluding hydrogens is 233 g/mol. The lowest BCUT2D eigenvalue weighted by Crippen LogP contribution is -2.28. The number of hydrogen-bond acceptors (Lipinski definition) is 3. The van der Waals surface area contributed by atoms with E-state index < -0.39 is 12.7 Å². The second kappa shape index (κ2) is 5.03. The number of hydrogen-bond donors (Lipinski definition) is 2. The molecule has 1 saturated carbocycles. The highest BCUT2D eigenvalue weighted by Crippen LogP contribution is 2.31. The maximum absolute atomic E-state index is 11.9. The molecule has 1 aromatic heterocycles. The molecule has 0 atom stereocenters. The Morgan fingerprint density at radius 2 is 2.00 bits per heavy atom. The summed E-state index contributed by atoms with van der Waals surface area (Å²) in [7, 11) is 0. The topological polar surface area (TPSA) is 53.6 Å². The summed E-state index contributed by atoms with van der Waals surface area (Å²) >= 11 is 0. The van der Waals surface area contributed by atoms with Crippen LogP contribution in [0, 0.1) is 0 Å². The molecule has 0 bridgehead atoms. The first-order valence-corrected chi connectivity index (χ1v) is 5.73. The highest BCUT2D eigenvalue weighted by Gasteiger charge is 2.26. The molecule has 2 rings (SSSR count). The Kier molecular flexibility index (Phi) is 3.66.